The van der Waals surface area contributed by atoms with Gasteiger partial charge in [0.15, 0.2) is 0 Å². The molecule has 0 atom stereocenters. The van der Waals surface area contributed by atoms with E-state index in [0.717, 1.165) is 18.4 Å². The molecule has 1 aliphatic rings. The number of hydrogen-bond acceptors (Lipinski definition) is 2. The Bertz CT molecular complexity index is 454. The molecule has 0 bridgehead atoms. The van der Waals surface area contributed by atoms with Gasteiger partial charge in [-0.15, -0.1) is 11.6 Å². The highest BCUT2D eigenvalue weighted by Gasteiger charge is 2.35. The summed E-state index contributed by atoms with van der Waals surface area (Å²) in [4.78, 5) is 0. The van der Waals surface area contributed by atoms with Gasteiger partial charge in [0.25, 0.3) is 0 Å². The van der Waals surface area contributed by atoms with Crippen LogP contribution in [0.15, 0.2) is 24.3 Å². The summed E-state index contributed by atoms with van der Waals surface area (Å²) in [6.07, 6.45) is 1.52. The van der Waals surface area contributed by atoms with Gasteiger partial charge in [-0.25, -0.2) is 8.42 Å². The van der Waals surface area contributed by atoms with Crippen LogP contribution in [0.4, 0.5) is 5.69 Å². The van der Waals surface area contributed by atoms with Gasteiger partial charge >= 0.3 is 0 Å². The average molecular weight is 246 g/mol. The van der Waals surface area contributed by atoms with E-state index in [0.29, 0.717) is 11.6 Å². The van der Waals surface area contributed by atoms with Crippen LogP contribution in [0.25, 0.3) is 0 Å². The molecule has 0 spiro atoms. The van der Waals surface area contributed by atoms with Gasteiger partial charge in [0.05, 0.1) is 10.9 Å². The molecule has 0 amide bonds. The molecule has 82 valence electrons. The largest absolute Gasteiger partial charge is 0.283 e. The van der Waals surface area contributed by atoms with Gasteiger partial charge in [-0.3, -0.25) is 4.72 Å². The van der Waals surface area contributed by atoms with Crippen LogP contribution in [0.5, 0.6) is 0 Å². The third-order valence-electron chi connectivity index (χ3n) is 2.38. The molecule has 1 fully saturated rings. The minimum atomic E-state index is -3.18. The lowest BCUT2D eigenvalue weighted by Crippen LogP contribution is -2.18. The lowest BCUT2D eigenvalue weighted by atomic mass is 10.2. The first-order valence-electron chi connectivity index (χ1n) is 4.79. The minimum Gasteiger partial charge on any atom is -0.283 e. The Morgan fingerprint density at radius 1 is 1.33 bits per heavy atom. The number of sulfonamides is 1. The average Bonchev–Trinajstić information content (AvgIpc) is 3.01. The number of para-hydroxylation sites is 1. The van der Waals surface area contributed by atoms with Crippen molar-refractivity contribution in [2.75, 3.05) is 4.72 Å². The number of rotatable bonds is 4. The van der Waals surface area contributed by atoms with Crippen LogP contribution >= 0.6 is 11.6 Å². The quantitative estimate of drug-likeness (QED) is 0.828. The second-order valence-corrected chi connectivity index (χ2v) is 5.87. The van der Waals surface area contributed by atoms with E-state index in [9.17, 15) is 8.42 Å². The lowest BCUT2D eigenvalue weighted by Gasteiger charge is -2.09. The Hall–Kier alpha value is -0.740. The van der Waals surface area contributed by atoms with Gasteiger partial charge in [0.2, 0.25) is 10.0 Å². The van der Waals surface area contributed by atoms with Crippen molar-refractivity contribution in [3.63, 3.8) is 0 Å². The molecule has 1 N–H and O–H groups in total. The third-order valence-corrected chi connectivity index (χ3v) is 4.52. The van der Waals surface area contributed by atoms with E-state index in [-0.39, 0.29) is 5.25 Å². The standard InChI is InChI=1S/C10H12ClNO2S/c11-7-8-3-1-2-4-10(8)12-15(13,14)9-5-6-9/h1-4,9,12H,5-7H2. The van der Waals surface area contributed by atoms with Gasteiger partial charge in [-0.05, 0) is 24.5 Å². The van der Waals surface area contributed by atoms with E-state index in [1.165, 1.54) is 0 Å². The highest BCUT2D eigenvalue weighted by Crippen LogP contribution is 2.30. The van der Waals surface area contributed by atoms with Crippen LogP contribution < -0.4 is 4.72 Å². The maximum absolute atomic E-state index is 11.7. The highest BCUT2D eigenvalue weighted by atomic mass is 35.5. The summed E-state index contributed by atoms with van der Waals surface area (Å²) in [5.74, 6) is 0.309. The fourth-order valence-corrected chi connectivity index (χ4v) is 3.01. The molecule has 0 unspecified atom stereocenters. The zero-order chi connectivity index (χ0) is 10.9. The second kappa shape index (κ2) is 4.02. The van der Waals surface area contributed by atoms with E-state index in [1.54, 1.807) is 12.1 Å². The normalized spacial score (nSPS) is 16.3. The summed E-state index contributed by atoms with van der Waals surface area (Å²) >= 11 is 5.72. The first-order valence-corrected chi connectivity index (χ1v) is 6.87. The third kappa shape index (κ3) is 2.44. The number of hydrogen-bond donors (Lipinski definition) is 1. The van der Waals surface area contributed by atoms with E-state index in [4.69, 9.17) is 11.6 Å². The summed E-state index contributed by atoms with van der Waals surface area (Å²) in [5, 5.41) is -0.208. The predicted molar refractivity (Wildman–Crippen MR) is 61.6 cm³/mol. The molecular weight excluding hydrogens is 234 g/mol. The fourth-order valence-electron chi connectivity index (χ4n) is 1.35. The van der Waals surface area contributed by atoms with Gasteiger partial charge in [-0.1, -0.05) is 18.2 Å². The summed E-state index contributed by atoms with van der Waals surface area (Å²) < 4.78 is 25.9. The van der Waals surface area contributed by atoms with Crippen molar-refractivity contribution in [2.45, 2.75) is 24.0 Å². The maximum Gasteiger partial charge on any atom is 0.235 e. The van der Waals surface area contributed by atoms with E-state index < -0.39 is 10.0 Å². The molecule has 15 heavy (non-hydrogen) atoms. The van der Waals surface area contributed by atoms with Crippen LogP contribution in [-0.4, -0.2) is 13.7 Å². The van der Waals surface area contributed by atoms with Gasteiger partial charge < -0.3 is 0 Å². The minimum absolute atomic E-state index is 0.208. The predicted octanol–water partition coefficient (Wildman–Crippen LogP) is 2.33. The van der Waals surface area contributed by atoms with Crippen LogP contribution in [0.2, 0.25) is 0 Å². The molecule has 0 saturated heterocycles. The lowest BCUT2D eigenvalue weighted by molar-refractivity contribution is 0.600. The molecule has 1 aliphatic carbocycles. The van der Waals surface area contributed by atoms with E-state index in [2.05, 4.69) is 4.72 Å². The van der Waals surface area contributed by atoms with Crippen LogP contribution in [0, 0.1) is 0 Å². The molecule has 0 radical (unpaired) electrons. The molecular formula is C10H12ClNO2S. The molecule has 0 heterocycles. The van der Waals surface area contributed by atoms with Gasteiger partial charge in [-0.2, -0.15) is 0 Å². The molecule has 2 rings (SSSR count). The summed E-state index contributed by atoms with van der Waals surface area (Å²) in [6.45, 7) is 0. The number of nitrogens with one attached hydrogen (secondary N) is 1. The summed E-state index contributed by atoms with van der Waals surface area (Å²) in [5.41, 5.74) is 1.41. The Morgan fingerprint density at radius 2 is 2.00 bits per heavy atom. The number of benzene rings is 1. The summed E-state index contributed by atoms with van der Waals surface area (Å²) in [7, 11) is -3.18. The number of alkyl halides is 1. The summed E-state index contributed by atoms with van der Waals surface area (Å²) in [6, 6.07) is 7.18. The molecule has 0 aromatic heterocycles. The van der Waals surface area contributed by atoms with Crippen molar-refractivity contribution in [1.29, 1.82) is 0 Å². The van der Waals surface area contributed by atoms with Crippen LogP contribution in [-0.2, 0) is 15.9 Å². The van der Waals surface area contributed by atoms with E-state index in [1.807, 2.05) is 12.1 Å². The smallest absolute Gasteiger partial charge is 0.235 e. The molecule has 1 saturated carbocycles. The Labute approximate surface area is 94.5 Å². The number of halogens is 1. The molecule has 5 heteroatoms. The topological polar surface area (TPSA) is 46.2 Å². The second-order valence-electron chi connectivity index (χ2n) is 3.64. The molecule has 3 nitrogen and oxygen atoms in total. The zero-order valence-electron chi connectivity index (χ0n) is 8.11. The number of anilines is 1. The van der Waals surface area contributed by atoms with Crippen molar-refractivity contribution in [3.8, 4) is 0 Å². The SMILES string of the molecule is O=S(=O)(Nc1ccccc1CCl)C1CC1. The van der Waals surface area contributed by atoms with Crippen LogP contribution in [0.1, 0.15) is 18.4 Å². The molecule has 0 aliphatic heterocycles. The fraction of sp³-hybridized carbons (Fsp3) is 0.400. The zero-order valence-corrected chi connectivity index (χ0v) is 9.68. The van der Waals surface area contributed by atoms with Crippen molar-refractivity contribution in [1.82, 2.24) is 0 Å². The van der Waals surface area contributed by atoms with Gasteiger partial charge in [0, 0.05) is 5.88 Å². The first kappa shape index (κ1) is 10.8. The molecule has 1 aromatic carbocycles. The van der Waals surface area contributed by atoms with Crippen molar-refractivity contribution >= 4 is 27.3 Å². The Balaban J connectivity index is 2.23. The maximum atomic E-state index is 11.7. The van der Waals surface area contributed by atoms with Crippen molar-refractivity contribution in [2.24, 2.45) is 0 Å². The van der Waals surface area contributed by atoms with Gasteiger partial charge in [0.1, 0.15) is 0 Å². The van der Waals surface area contributed by atoms with Crippen LogP contribution in [0.3, 0.4) is 0 Å². The monoisotopic (exact) mass is 245 g/mol. The highest BCUT2D eigenvalue weighted by molar-refractivity contribution is 7.93. The first-order chi connectivity index (χ1) is 7.13. The van der Waals surface area contributed by atoms with Crippen molar-refractivity contribution in [3.05, 3.63) is 29.8 Å². The Morgan fingerprint density at radius 3 is 2.60 bits per heavy atom. The van der Waals surface area contributed by atoms with E-state index >= 15 is 0 Å². The molecule has 1 aromatic rings. The van der Waals surface area contributed by atoms with Crippen molar-refractivity contribution < 1.29 is 8.42 Å². The Kier molecular flexibility index (Phi) is 2.89.